The molecule has 1 aromatic carbocycles. The molecule has 0 atom stereocenters. The summed E-state index contributed by atoms with van der Waals surface area (Å²) in [6.07, 6.45) is 4.38. The molecule has 106 valence electrons. The number of hydrazine groups is 1. The molecule has 1 aromatic heterocycles. The maximum atomic E-state index is 11.8. The van der Waals surface area contributed by atoms with Crippen LogP contribution in [0.2, 0.25) is 0 Å². The molecule has 0 fully saturated rings. The van der Waals surface area contributed by atoms with Gasteiger partial charge in [0.2, 0.25) is 11.8 Å². The van der Waals surface area contributed by atoms with E-state index in [0.29, 0.717) is 6.42 Å². The summed E-state index contributed by atoms with van der Waals surface area (Å²) >= 11 is 1.59. The minimum atomic E-state index is -0.229. The molecule has 0 spiro atoms. The molecule has 2 rings (SSSR count). The van der Waals surface area contributed by atoms with Gasteiger partial charge in [0, 0.05) is 29.3 Å². The summed E-state index contributed by atoms with van der Waals surface area (Å²) in [5.41, 5.74) is 6.76. The molecule has 20 heavy (non-hydrogen) atoms. The smallest absolute Gasteiger partial charge is 0.242 e. The minimum Gasteiger partial charge on any atom is -0.361 e. The summed E-state index contributed by atoms with van der Waals surface area (Å²) in [4.78, 5) is 26.3. The molecular formula is C14H17N3O2S. The Labute approximate surface area is 121 Å². The Kier molecular flexibility index (Phi) is 5.06. The molecule has 1 heterocycles. The number of aromatic nitrogens is 1. The number of hydrogen-bond donors (Lipinski definition) is 3. The van der Waals surface area contributed by atoms with E-state index < -0.39 is 0 Å². The van der Waals surface area contributed by atoms with Crippen LogP contribution < -0.4 is 10.9 Å². The molecule has 0 aliphatic heterocycles. The highest BCUT2D eigenvalue weighted by Gasteiger charge is 2.09. The van der Waals surface area contributed by atoms with Crippen molar-refractivity contribution in [3.05, 3.63) is 36.0 Å². The van der Waals surface area contributed by atoms with Crippen LogP contribution in [0.5, 0.6) is 0 Å². The van der Waals surface area contributed by atoms with E-state index in [-0.39, 0.29) is 18.2 Å². The zero-order valence-electron chi connectivity index (χ0n) is 11.2. The van der Waals surface area contributed by atoms with Crippen molar-refractivity contribution >= 4 is 34.5 Å². The lowest BCUT2D eigenvalue weighted by Crippen LogP contribution is -2.42. The number of benzene rings is 1. The standard InChI is InChI=1S/C14H17N3O2S/c1-20-7-6-13(18)16-17-14(19)8-10-9-15-12-5-3-2-4-11(10)12/h2-5,9,15H,6-8H2,1H3,(H,16,18)(H,17,19). The molecule has 0 saturated heterocycles. The van der Waals surface area contributed by atoms with Crippen LogP contribution in [0.25, 0.3) is 10.9 Å². The first-order valence-electron chi connectivity index (χ1n) is 6.32. The molecule has 5 nitrogen and oxygen atoms in total. The summed E-state index contributed by atoms with van der Waals surface area (Å²) in [5, 5.41) is 1.02. The lowest BCUT2D eigenvalue weighted by Gasteiger charge is -2.06. The number of H-pyrrole nitrogens is 1. The van der Waals surface area contributed by atoms with Crippen molar-refractivity contribution in [1.29, 1.82) is 0 Å². The summed E-state index contributed by atoms with van der Waals surface area (Å²) in [7, 11) is 0. The number of carbonyl (C=O) groups excluding carboxylic acids is 2. The van der Waals surface area contributed by atoms with Crippen LogP contribution in [-0.2, 0) is 16.0 Å². The highest BCUT2D eigenvalue weighted by Crippen LogP contribution is 2.17. The van der Waals surface area contributed by atoms with E-state index in [2.05, 4.69) is 15.8 Å². The van der Waals surface area contributed by atoms with Gasteiger partial charge in [0.25, 0.3) is 0 Å². The predicted octanol–water partition coefficient (Wildman–Crippen LogP) is 1.61. The summed E-state index contributed by atoms with van der Waals surface area (Å²) in [6.45, 7) is 0. The largest absolute Gasteiger partial charge is 0.361 e. The second kappa shape index (κ2) is 7.00. The number of hydrogen-bond acceptors (Lipinski definition) is 3. The zero-order valence-corrected chi connectivity index (χ0v) is 12.0. The third kappa shape index (κ3) is 3.77. The quantitative estimate of drug-likeness (QED) is 0.733. The van der Waals surface area contributed by atoms with Crippen LogP contribution in [0, 0.1) is 0 Å². The lowest BCUT2D eigenvalue weighted by molar-refractivity contribution is -0.128. The number of aromatic amines is 1. The predicted molar refractivity (Wildman–Crippen MR) is 81.3 cm³/mol. The van der Waals surface area contributed by atoms with E-state index in [1.165, 1.54) is 0 Å². The van der Waals surface area contributed by atoms with Crippen LogP contribution in [0.3, 0.4) is 0 Å². The van der Waals surface area contributed by atoms with Gasteiger partial charge in [-0.1, -0.05) is 18.2 Å². The van der Waals surface area contributed by atoms with Crippen molar-refractivity contribution in [2.75, 3.05) is 12.0 Å². The van der Waals surface area contributed by atoms with Crippen LogP contribution >= 0.6 is 11.8 Å². The van der Waals surface area contributed by atoms with Gasteiger partial charge < -0.3 is 4.98 Å². The average Bonchev–Trinajstić information content (AvgIpc) is 2.86. The Morgan fingerprint density at radius 1 is 1.20 bits per heavy atom. The van der Waals surface area contributed by atoms with Gasteiger partial charge in [-0.25, -0.2) is 0 Å². The first-order chi connectivity index (χ1) is 9.70. The number of thioether (sulfide) groups is 1. The first-order valence-corrected chi connectivity index (χ1v) is 7.71. The molecule has 0 aliphatic carbocycles. The van der Waals surface area contributed by atoms with Gasteiger partial charge in [-0.3, -0.25) is 20.4 Å². The van der Waals surface area contributed by atoms with Gasteiger partial charge in [0.1, 0.15) is 0 Å². The normalized spacial score (nSPS) is 10.4. The minimum absolute atomic E-state index is 0.174. The van der Waals surface area contributed by atoms with Crippen molar-refractivity contribution in [3.63, 3.8) is 0 Å². The highest BCUT2D eigenvalue weighted by molar-refractivity contribution is 7.98. The summed E-state index contributed by atoms with van der Waals surface area (Å²) in [6, 6.07) is 7.79. The van der Waals surface area contributed by atoms with Gasteiger partial charge >= 0.3 is 0 Å². The first kappa shape index (κ1) is 14.5. The molecule has 0 unspecified atom stereocenters. The third-order valence-corrected chi connectivity index (χ3v) is 3.51. The molecule has 2 aromatic rings. The van der Waals surface area contributed by atoms with Gasteiger partial charge in [-0.2, -0.15) is 11.8 Å². The number of rotatable bonds is 5. The zero-order chi connectivity index (χ0) is 14.4. The van der Waals surface area contributed by atoms with Crippen LogP contribution in [0.15, 0.2) is 30.5 Å². The van der Waals surface area contributed by atoms with Gasteiger partial charge in [0.15, 0.2) is 0 Å². The Hall–Kier alpha value is -1.95. The summed E-state index contributed by atoms with van der Waals surface area (Å²) in [5.74, 6) is 0.336. The number of fused-ring (bicyclic) bond motifs is 1. The third-order valence-electron chi connectivity index (χ3n) is 2.90. The van der Waals surface area contributed by atoms with Crippen LogP contribution in [-0.4, -0.2) is 28.8 Å². The van der Waals surface area contributed by atoms with Crippen molar-refractivity contribution in [2.24, 2.45) is 0 Å². The molecule has 0 aliphatic rings. The Bertz CT molecular complexity index is 609. The lowest BCUT2D eigenvalue weighted by atomic mass is 10.1. The van der Waals surface area contributed by atoms with E-state index >= 15 is 0 Å². The number of para-hydroxylation sites is 1. The average molecular weight is 291 g/mol. The van der Waals surface area contributed by atoms with Crippen LogP contribution in [0.4, 0.5) is 0 Å². The maximum absolute atomic E-state index is 11.8. The van der Waals surface area contributed by atoms with Crippen molar-refractivity contribution in [3.8, 4) is 0 Å². The number of amides is 2. The monoisotopic (exact) mass is 291 g/mol. The molecule has 3 N–H and O–H groups in total. The molecule has 0 radical (unpaired) electrons. The topological polar surface area (TPSA) is 74.0 Å². The van der Waals surface area contributed by atoms with E-state index in [1.807, 2.05) is 36.7 Å². The Morgan fingerprint density at radius 3 is 2.75 bits per heavy atom. The van der Waals surface area contributed by atoms with Gasteiger partial charge in [-0.15, -0.1) is 0 Å². The van der Waals surface area contributed by atoms with Gasteiger partial charge in [-0.05, 0) is 17.9 Å². The fraction of sp³-hybridized carbons (Fsp3) is 0.286. The fourth-order valence-electron chi connectivity index (χ4n) is 1.89. The molecule has 0 bridgehead atoms. The van der Waals surface area contributed by atoms with Crippen molar-refractivity contribution in [2.45, 2.75) is 12.8 Å². The maximum Gasteiger partial charge on any atom is 0.242 e. The van der Waals surface area contributed by atoms with E-state index in [0.717, 1.165) is 22.2 Å². The van der Waals surface area contributed by atoms with E-state index in [1.54, 1.807) is 11.8 Å². The molecule has 2 amide bonds. The summed E-state index contributed by atoms with van der Waals surface area (Å²) < 4.78 is 0. The van der Waals surface area contributed by atoms with Crippen molar-refractivity contribution < 1.29 is 9.59 Å². The molecular weight excluding hydrogens is 274 g/mol. The number of carbonyl (C=O) groups is 2. The Balaban J connectivity index is 1.87. The fourth-order valence-corrected chi connectivity index (χ4v) is 2.28. The van der Waals surface area contributed by atoms with Crippen molar-refractivity contribution in [1.82, 2.24) is 15.8 Å². The van der Waals surface area contributed by atoms with Gasteiger partial charge in [0.05, 0.1) is 6.42 Å². The van der Waals surface area contributed by atoms with E-state index in [9.17, 15) is 9.59 Å². The molecule has 6 heteroatoms. The highest BCUT2D eigenvalue weighted by atomic mass is 32.2. The second-order valence-electron chi connectivity index (χ2n) is 4.38. The second-order valence-corrected chi connectivity index (χ2v) is 5.36. The SMILES string of the molecule is CSCCC(=O)NNC(=O)Cc1c[nH]c2ccccc12. The Morgan fingerprint density at radius 2 is 1.95 bits per heavy atom. The molecule has 0 saturated carbocycles. The number of nitrogens with one attached hydrogen (secondary N) is 3. The van der Waals surface area contributed by atoms with E-state index in [4.69, 9.17) is 0 Å². The van der Waals surface area contributed by atoms with Crippen LogP contribution in [0.1, 0.15) is 12.0 Å².